The number of furan rings is 1. The summed E-state index contributed by atoms with van der Waals surface area (Å²) in [6.07, 6.45) is 6.14. The van der Waals surface area contributed by atoms with Crippen LogP contribution in [-0.2, 0) is 20.0 Å². The molecule has 114 valence electrons. The molecular formula is C18H21N3O. The molecule has 1 N–H and O–H groups in total. The Morgan fingerprint density at radius 1 is 1.14 bits per heavy atom. The number of nitrogens with one attached hydrogen (secondary N) is 1. The van der Waals surface area contributed by atoms with Gasteiger partial charge in [0, 0.05) is 18.8 Å². The second-order valence-electron chi connectivity index (χ2n) is 5.43. The Labute approximate surface area is 130 Å². The molecule has 22 heavy (non-hydrogen) atoms. The van der Waals surface area contributed by atoms with Crippen molar-refractivity contribution in [1.29, 1.82) is 0 Å². The number of hydrogen-bond donors (Lipinski definition) is 1. The molecule has 3 rings (SSSR count). The molecular weight excluding hydrogens is 274 g/mol. The van der Waals surface area contributed by atoms with Crippen molar-refractivity contribution in [3.63, 3.8) is 0 Å². The monoisotopic (exact) mass is 295 g/mol. The van der Waals surface area contributed by atoms with Gasteiger partial charge in [-0.05, 0) is 37.1 Å². The number of aromatic nitrogens is 2. The molecule has 4 heteroatoms. The van der Waals surface area contributed by atoms with Gasteiger partial charge in [-0.1, -0.05) is 30.3 Å². The third-order valence-corrected chi connectivity index (χ3v) is 3.60. The average Bonchev–Trinajstić information content (AvgIpc) is 3.17. The molecule has 0 saturated heterocycles. The minimum absolute atomic E-state index is 0.764. The topological polar surface area (TPSA) is 43.0 Å². The minimum atomic E-state index is 0.764. The van der Waals surface area contributed by atoms with Crippen LogP contribution in [0.2, 0.25) is 0 Å². The summed E-state index contributed by atoms with van der Waals surface area (Å²) in [4.78, 5) is 0. The third kappa shape index (κ3) is 3.86. The molecule has 0 aliphatic rings. The van der Waals surface area contributed by atoms with Crippen LogP contribution < -0.4 is 5.32 Å². The van der Waals surface area contributed by atoms with E-state index in [-0.39, 0.29) is 0 Å². The third-order valence-electron chi connectivity index (χ3n) is 3.60. The Morgan fingerprint density at radius 2 is 2.00 bits per heavy atom. The Hall–Kier alpha value is -2.33. The fourth-order valence-corrected chi connectivity index (χ4v) is 2.46. The van der Waals surface area contributed by atoms with Gasteiger partial charge < -0.3 is 9.73 Å². The molecule has 3 aromatic rings. The van der Waals surface area contributed by atoms with Crippen LogP contribution in [0.3, 0.4) is 0 Å². The molecule has 4 nitrogen and oxygen atoms in total. The number of hydrogen-bond acceptors (Lipinski definition) is 3. The lowest BCUT2D eigenvalue weighted by Gasteiger charge is -2.02. The molecule has 0 spiro atoms. The first kappa shape index (κ1) is 14.6. The molecule has 0 unspecified atom stereocenters. The van der Waals surface area contributed by atoms with Crippen molar-refractivity contribution < 1.29 is 4.42 Å². The van der Waals surface area contributed by atoms with Crippen molar-refractivity contribution in [3.05, 3.63) is 66.2 Å². The molecule has 0 saturated carbocycles. The van der Waals surface area contributed by atoms with Crippen LogP contribution in [0, 0.1) is 0 Å². The van der Waals surface area contributed by atoms with E-state index in [4.69, 9.17) is 4.42 Å². The van der Waals surface area contributed by atoms with Gasteiger partial charge in [0.25, 0.3) is 0 Å². The highest BCUT2D eigenvalue weighted by Crippen LogP contribution is 2.21. The van der Waals surface area contributed by atoms with E-state index in [1.165, 1.54) is 5.56 Å². The van der Waals surface area contributed by atoms with Crippen molar-refractivity contribution in [2.24, 2.45) is 7.05 Å². The largest absolute Gasteiger partial charge is 0.460 e. The lowest BCUT2D eigenvalue weighted by molar-refractivity contribution is 0.491. The Morgan fingerprint density at radius 3 is 2.77 bits per heavy atom. The summed E-state index contributed by atoms with van der Waals surface area (Å²) in [6, 6.07) is 14.2. The SMILES string of the molecule is Cn1cc(CCCNCc2ccc(-c3ccccc3)o2)cn1. The van der Waals surface area contributed by atoms with E-state index in [9.17, 15) is 0 Å². The molecule has 0 amide bonds. The Kier molecular flexibility index (Phi) is 4.71. The van der Waals surface area contributed by atoms with E-state index in [0.717, 1.165) is 43.0 Å². The summed E-state index contributed by atoms with van der Waals surface area (Å²) in [5.74, 6) is 1.90. The van der Waals surface area contributed by atoms with E-state index in [1.54, 1.807) is 0 Å². The molecule has 0 atom stereocenters. The van der Waals surface area contributed by atoms with E-state index >= 15 is 0 Å². The van der Waals surface area contributed by atoms with E-state index in [2.05, 4.69) is 28.7 Å². The summed E-state index contributed by atoms with van der Waals surface area (Å²) in [5, 5.41) is 7.60. The Balaban J connectivity index is 1.42. The Bertz CT molecular complexity index is 700. The first-order chi connectivity index (χ1) is 10.8. The van der Waals surface area contributed by atoms with Gasteiger partial charge in [0.2, 0.25) is 0 Å². The molecule has 0 bridgehead atoms. The van der Waals surface area contributed by atoms with Crippen molar-refractivity contribution in [1.82, 2.24) is 15.1 Å². The van der Waals surface area contributed by atoms with Crippen LogP contribution in [0.15, 0.2) is 59.3 Å². The van der Waals surface area contributed by atoms with Gasteiger partial charge in [-0.3, -0.25) is 4.68 Å². The van der Waals surface area contributed by atoms with Crippen molar-refractivity contribution >= 4 is 0 Å². The maximum atomic E-state index is 5.86. The zero-order chi connectivity index (χ0) is 15.2. The predicted octanol–water partition coefficient (Wildman–Crippen LogP) is 3.40. The second kappa shape index (κ2) is 7.09. The van der Waals surface area contributed by atoms with Crippen LogP contribution in [0.1, 0.15) is 17.7 Å². The smallest absolute Gasteiger partial charge is 0.134 e. The summed E-state index contributed by atoms with van der Waals surface area (Å²) < 4.78 is 7.71. The van der Waals surface area contributed by atoms with Crippen LogP contribution in [0.4, 0.5) is 0 Å². The van der Waals surface area contributed by atoms with Crippen LogP contribution >= 0.6 is 0 Å². The number of rotatable bonds is 7. The predicted molar refractivity (Wildman–Crippen MR) is 87.4 cm³/mol. The van der Waals surface area contributed by atoms with Crippen LogP contribution in [0.25, 0.3) is 11.3 Å². The molecule has 2 heterocycles. The van der Waals surface area contributed by atoms with Crippen LogP contribution in [0.5, 0.6) is 0 Å². The second-order valence-corrected chi connectivity index (χ2v) is 5.43. The highest BCUT2D eigenvalue weighted by Gasteiger charge is 2.04. The maximum absolute atomic E-state index is 5.86. The normalized spacial score (nSPS) is 11.0. The standard InChI is InChI=1S/C18H21N3O/c1-21-14-15(12-20-21)6-5-11-19-13-17-9-10-18(22-17)16-7-3-2-4-8-16/h2-4,7-10,12,14,19H,5-6,11,13H2,1H3. The van der Waals surface area contributed by atoms with Crippen molar-refractivity contribution in [2.75, 3.05) is 6.54 Å². The first-order valence-electron chi connectivity index (χ1n) is 7.63. The molecule has 0 aliphatic carbocycles. The van der Waals surface area contributed by atoms with E-state index < -0.39 is 0 Å². The molecule has 1 aromatic carbocycles. The first-order valence-corrected chi connectivity index (χ1v) is 7.63. The van der Waals surface area contributed by atoms with Crippen molar-refractivity contribution in [2.45, 2.75) is 19.4 Å². The van der Waals surface area contributed by atoms with Gasteiger partial charge in [-0.2, -0.15) is 5.10 Å². The van der Waals surface area contributed by atoms with Gasteiger partial charge in [0.15, 0.2) is 0 Å². The highest BCUT2D eigenvalue weighted by atomic mass is 16.3. The van der Waals surface area contributed by atoms with E-state index in [1.807, 2.05) is 48.3 Å². The van der Waals surface area contributed by atoms with Gasteiger partial charge in [0.05, 0.1) is 12.7 Å². The highest BCUT2D eigenvalue weighted by molar-refractivity contribution is 5.57. The average molecular weight is 295 g/mol. The fourth-order valence-electron chi connectivity index (χ4n) is 2.46. The van der Waals surface area contributed by atoms with Gasteiger partial charge in [-0.15, -0.1) is 0 Å². The maximum Gasteiger partial charge on any atom is 0.134 e. The van der Waals surface area contributed by atoms with Gasteiger partial charge in [0.1, 0.15) is 11.5 Å². The van der Waals surface area contributed by atoms with E-state index in [0.29, 0.717) is 0 Å². The number of aryl methyl sites for hydroxylation is 2. The molecule has 2 aromatic heterocycles. The fraction of sp³-hybridized carbons (Fsp3) is 0.278. The van der Waals surface area contributed by atoms with Gasteiger partial charge in [-0.25, -0.2) is 0 Å². The van der Waals surface area contributed by atoms with Gasteiger partial charge >= 0.3 is 0 Å². The quantitative estimate of drug-likeness (QED) is 0.679. The van der Waals surface area contributed by atoms with Crippen LogP contribution in [-0.4, -0.2) is 16.3 Å². The number of benzene rings is 1. The minimum Gasteiger partial charge on any atom is -0.460 e. The lowest BCUT2D eigenvalue weighted by atomic mass is 10.2. The molecule has 0 fully saturated rings. The lowest BCUT2D eigenvalue weighted by Crippen LogP contribution is -2.14. The zero-order valence-electron chi connectivity index (χ0n) is 12.8. The number of nitrogens with zero attached hydrogens (tertiary/aromatic N) is 2. The zero-order valence-corrected chi connectivity index (χ0v) is 12.8. The summed E-state index contributed by atoms with van der Waals surface area (Å²) in [6.45, 7) is 1.73. The molecule has 0 radical (unpaired) electrons. The van der Waals surface area contributed by atoms with Crippen molar-refractivity contribution in [3.8, 4) is 11.3 Å². The molecule has 0 aliphatic heterocycles. The summed E-state index contributed by atoms with van der Waals surface area (Å²) >= 11 is 0. The summed E-state index contributed by atoms with van der Waals surface area (Å²) in [5.41, 5.74) is 2.40. The summed E-state index contributed by atoms with van der Waals surface area (Å²) in [7, 11) is 1.95.